The van der Waals surface area contributed by atoms with Crippen molar-refractivity contribution < 1.29 is 14.7 Å². The second-order valence-electron chi connectivity index (χ2n) is 2.42. The van der Waals surface area contributed by atoms with Gasteiger partial charge in [-0.3, -0.25) is 9.59 Å². The predicted molar refractivity (Wildman–Crippen MR) is 54.8 cm³/mol. The average Bonchev–Trinajstić information content (AvgIpc) is 2.15. The maximum atomic E-state index is 9.89. The number of aldehydes is 1. The summed E-state index contributed by atoms with van der Waals surface area (Å²) in [4.78, 5) is 18.9. The van der Waals surface area contributed by atoms with Crippen LogP contribution in [0.15, 0.2) is 36.4 Å². The molecule has 14 heavy (non-hydrogen) atoms. The molecule has 0 saturated carbocycles. The van der Waals surface area contributed by atoms with E-state index < -0.39 is 5.97 Å². The van der Waals surface area contributed by atoms with Crippen molar-refractivity contribution in [3.8, 4) is 0 Å². The molecule has 3 nitrogen and oxygen atoms in total. The molecular formula is C11H12O3. The highest BCUT2D eigenvalue weighted by Crippen LogP contribution is 1.99. The van der Waals surface area contributed by atoms with Gasteiger partial charge in [-0.1, -0.05) is 36.4 Å². The van der Waals surface area contributed by atoms with Crippen molar-refractivity contribution in [1.82, 2.24) is 0 Å². The summed E-state index contributed by atoms with van der Waals surface area (Å²) in [6.07, 6.45) is 4.02. The minimum absolute atomic E-state index is 0.771. The molecule has 1 N–H and O–H groups in total. The van der Waals surface area contributed by atoms with E-state index in [1.54, 1.807) is 6.08 Å². The maximum absolute atomic E-state index is 9.89. The van der Waals surface area contributed by atoms with Crippen LogP contribution in [0.25, 0.3) is 6.08 Å². The van der Waals surface area contributed by atoms with Crippen LogP contribution in [0.5, 0.6) is 0 Å². The normalized spacial score (nSPS) is 8.93. The Hall–Kier alpha value is -1.90. The Morgan fingerprint density at radius 2 is 1.79 bits per heavy atom. The first-order valence-corrected chi connectivity index (χ1v) is 4.03. The molecule has 74 valence electrons. The number of carboxylic acid groups (broad SMARTS) is 1. The zero-order valence-electron chi connectivity index (χ0n) is 7.88. The summed E-state index contributed by atoms with van der Waals surface area (Å²) in [5, 5.41) is 7.42. The molecule has 0 amide bonds. The third-order valence-electron chi connectivity index (χ3n) is 1.17. The first-order chi connectivity index (χ1) is 6.66. The predicted octanol–water partition coefficient (Wildman–Crippen LogP) is 1.99. The van der Waals surface area contributed by atoms with Gasteiger partial charge >= 0.3 is 0 Å². The van der Waals surface area contributed by atoms with Crippen LogP contribution in [0.1, 0.15) is 12.5 Å². The number of allylic oxidation sites excluding steroid dienone is 1. The second-order valence-corrected chi connectivity index (χ2v) is 2.42. The quantitative estimate of drug-likeness (QED) is 0.576. The fraction of sp³-hybridized carbons (Fsp3) is 0.0909. The van der Waals surface area contributed by atoms with E-state index in [9.17, 15) is 4.79 Å². The van der Waals surface area contributed by atoms with Crippen LogP contribution in [0.3, 0.4) is 0 Å². The number of benzene rings is 1. The summed E-state index contributed by atoms with van der Waals surface area (Å²) in [7, 11) is 0. The van der Waals surface area contributed by atoms with Gasteiger partial charge in [0.2, 0.25) is 0 Å². The van der Waals surface area contributed by atoms with Gasteiger partial charge in [-0.15, -0.1) is 0 Å². The van der Waals surface area contributed by atoms with Gasteiger partial charge in [-0.2, -0.15) is 0 Å². The number of rotatable bonds is 2. The van der Waals surface area contributed by atoms with Crippen LogP contribution < -0.4 is 0 Å². The largest absolute Gasteiger partial charge is 0.481 e. The van der Waals surface area contributed by atoms with Gasteiger partial charge in [0.25, 0.3) is 5.97 Å². The van der Waals surface area contributed by atoms with Crippen molar-refractivity contribution >= 4 is 18.3 Å². The van der Waals surface area contributed by atoms with E-state index in [1.807, 2.05) is 30.3 Å². The Kier molecular flexibility index (Phi) is 6.68. The van der Waals surface area contributed by atoms with Gasteiger partial charge in [0.15, 0.2) is 0 Å². The Balaban J connectivity index is 0.000000364. The minimum atomic E-state index is -0.833. The van der Waals surface area contributed by atoms with Crippen LogP contribution in [0, 0.1) is 0 Å². The molecular weight excluding hydrogens is 180 g/mol. The van der Waals surface area contributed by atoms with Crippen LogP contribution in [0.4, 0.5) is 0 Å². The molecule has 0 radical (unpaired) electrons. The maximum Gasteiger partial charge on any atom is 0.300 e. The molecule has 0 fully saturated rings. The summed E-state index contributed by atoms with van der Waals surface area (Å²) in [5.41, 5.74) is 1.05. The number of carbonyl (C=O) groups excluding carboxylic acids is 1. The standard InChI is InChI=1S/C9H8O.C2H4O2/c10-8-4-7-9-5-2-1-3-6-9;1-2(3)4/h1-8H;1H3,(H,3,4). The smallest absolute Gasteiger partial charge is 0.300 e. The van der Waals surface area contributed by atoms with Crippen molar-refractivity contribution in [2.45, 2.75) is 6.92 Å². The highest BCUT2D eigenvalue weighted by molar-refractivity contribution is 5.73. The van der Waals surface area contributed by atoms with Crippen LogP contribution >= 0.6 is 0 Å². The summed E-state index contributed by atoms with van der Waals surface area (Å²) in [6.45, 7) is 1.08. The van der Waals surface area contributed by atoms with Crippen LogP contribution in [-0.4, -0.2) is 17.4 Å². The Labute approximate surface area is 82.7 Å². The molecule has 0 aliphatic carbocycles. The number of hydrogen-bond donors (Lipinski definition) is 1. The summed E-state index contributed by atoms with van der Waals surface area (Å²) < 4.78 is 0. The topological polar surface area (TPSA) is 54.4 Å². The molecule has 0 saturated heterocycles. The molecule has 0 aliphatic heterocycles. The molecule has 1 aromatic rings. The van der Waals surface area contributed by atoms with Gasteiger partial charge in [-0.25, -0.2) is 0 Å². The lowest BCUT2D eigenvalue weighted by Crippen LogP contribution is -1.78. The molecule has 0 unspecified atom stereocenters. The van der Waals surface area contributed by atoms with Crippen LogP contribution in [0.2, 0.25) is 0 Å². The summed E-state index contributed by atoms with van der Waals surface area (Å²) >= 11 is 0. The lowest BCUT2D eigenvalue weighted by Gasteiger charge is -1.86. The zero-order valence-corrected chi connectivity index (χ0v) is 7.88. The van der Waals surface area contributed by atoms with Crippen molar-refractivity contribution in [3.63, 3.8) is 0 Å². The molecule has 1 aromatic carbocycles. The fourth-order valence-electron chi connectivity index (χ4n) is 0.715. The molecule has 0 aromatic heterocycles. The molecule has 1 rings (SSSR count). The molecule has 0 spiro atoms. The van der Waals surface area contributed by atoms with Crippen molar-refractivity contribution in [3.05, 3.63) is 42.0 Å². The Morgan fingerprint density at radius 1 is 1.29 bits per heavy atom. The number of hydrogen-bond acceptors (Lipinski definition) is 2. The number of carboxylic acids is 1. The highest BCUT2D eigenvalue weighted by Gasteiger charge is 1.79. The molecule has 0 aliphatic rings. The Bertz CT molecular complexity index is 298. The lowest BCUT2D eigenvalue weighted by molar-refractivity contribution is -0.134. The second kappa shape index (κ2) is 7.73. The van der Waals surface area contributed by atoms with Crippen molar-refractivity contribution in [1.29, 1.82) is 0 Å². The van der Waals surface area contributed by atoms with Gasteiger partial charge < -0.3 is 5.11 Å². The molecule has 0 atom stereocenters. The van der Waals surface area contributed by atoms with E-state index in [0.717, 1.165) is 18.8 Å². The van der Waals surface area contributed by atoms with E-state index in [0.29, 0.717) is 0 Å². The fourth-order valence-corrected chi connectivity index (χ4v) is 0.715. The van der Waals surface area contributed by atoms with E-state index in [-0.39, 0.29) is 0 Å². The van der Waals surface area contributed by atoms with Crippen LogP contribution in [-0.2, 0) is 9.59 Å². The van der Waals surface area contributed by atoms with Gasteiger partial charge in [0.1, 0.15) is 6.29 Å². The van der Waals surface area contributed by atoms with E-state index in [4.69, 9.17) is 9.90 Å². The third-order valence-corrected chi connectivity index (χ3v) is 1.17. The zero-order chi connectivity index (χ0) is 10.8. The monoisotopic (exact) mass is 192 g/mol. The van der Waals surface area contributed by atoms with Crippen molar-refractivity contribution in [2.24, 2.45) is 0 Å². The SMILES string of the molecule is CC(=O)O.O=CC=Cc1ccccc1. The molecule has 0 heterocycles. The van der Waals surface area contributed by atoms with E-state index in [1.165, 1.54) is 6.08 Å². The number of carbonyl (C=O) groups is 2. The number of aliphatic carboxylic acids is 1. The van der Waals surface area contributed by atoms with E-state index in [2.05, 4.69) is 0 Å². The van der Waals surface area contributed by atoms with E-state index >= 15 is 0 Å². The van der Waals surface area contributed by atoms with Crippen molar-refractivity contribution in [2.75, 3.05) is 0 Å². The summed E-state index contributed by atoms with van der Waals surface area (Å²) in [6, 6.07) is 9.70. The first kappa shape index (κ1) is 12.1. The van der Waals surface area contributed by atoms with Gasteiger partial charge in [-0.05, 0) is 11.6 Å². The van der Waals surface area contributed by atoms with Gasteiger partial charge in [0.05, 0.1) is 0 Å². The highest BCUT2D eigenvalue weighted by atomic mass is 16.4. The van der Waals surface area contributed by atoms with Gasteiger partial charge in [0, 0.05) is 6.92 Å². The first-order valence-electron chi connectivity index (χ1n) is 4.03. The Morgan fingerprint density at radius 3 is 2.21 bits per heavy atom. The average molecular weight is 192 g/mol. The molecule has 0 bridgehead atoms. The third kappa shape index (κ3) is 8.20. The minimum Gasteiger partial charge on any atom is -0.481 e. The molecule has 3 heteroatoms. The lowest BCUT2D eigenvalue weighted by atomic mass is 10.2. The summed E-state index contributed by atoms with van der Waals surface area (Å²) in [5.74, 6) is -0.833.